The summed E-state index contributed by atoms with van der Waals surface area (Å²) in [5.74, 6) is 0.595. The van der Waals surface area contributed by atoms with E-state index in [2.05, 4.69) is 0 Å². The summed E-state index contributed by atoms with van der Waals surface area (Å²) in [6, 6.07) is 10.9. The second kappa shape index (κ2) is 9.61. The van der Waals surface area contributed by atoms with Crippen LogP contribution in [0.15, 0.2) is 47.4 Å². The molecule has 2 aromatic carbocycles. The molecule has 1 fully saturated rings. The molecule has 0 spiro atoms. The number of nitrogens with zero attached hydrogens (tertiary/aromatic N) is 3. The first-order valence-electron chi connectivity index (χ1n) is 9.25. The molecule has 0 saturated carbocycles. The lowest BCUT2D eigenvalue weighted by Gasteiger charge is -2.26. The Morgan fingerprint density at radius 3 is 2.63 bits per heavy atom. The molecule has 0 N–H and O–H groups in total. The summed E-state index contributed by atoms with van der Waals surface area (Å²) in [4.78, 5) is 12.6. The molecular formula is C19H22ClN3O6S. The van der Waals surface area contributed by atoms with Crippen LogP contribution in [-0.4, -0.2) is 64.1 Å². The predicted octanol–water partition coefficient (Wildman–Crippen LogP) is 2.78. The van der Waals surface area contributed by atoms with E-state index in [0.717, 1.165) is 6.07 Å². The molecule has 30 heavy (non-hydrogen) atoms. The number of ether oxygens (including phenoxy) is 2. The van der Waals surface area contributed by atoms with Gasteiger partial charge in [-0.3, -0.25) is 10.1 Å². The van der Waals surface area contributed by atoms with E-state index >= 15 is 0 Å². The maximum atomic E-state index is 12.8. The van der Waals surface area contributed by atoms with Crippen molar-refractivity contribution in [2.24, 2.45) is 0 Å². The lowest BCUT2D eigenvalue weighted by atomic mass is 10.2. The lowest BCUT2D eigenvalue weighted by Crippen LogP contribution is -2.40. The van der Waals surface area contributed by atoms with Crippen LogP contribution < -0.4 is 9.64 Å². The zero-order chi connectivity index (χ0) is 21.7. The normalized spacial score (nSPS) is 15.0. The Morgan fingerprint density at radius 2 is 1.97 bits per heavy atom. The summed E-state index contributed by atoms with van der Waals surface area (Å²) < 4.78 is 37.7. The van der Waals surface area contributed by atoms with Crippen LogP contribution in [0, 0.1) is 10.1 Å². The Morgan fingerprint density at radius 1 is 1.23 bits per heavy atom. The van der Waals surface area contributed by atoms with Crippen molar-refractivity contribution in [2.45, 2.75) is 4.90 Å². The van der Waals surface area contributed by atoms with Crippen molar-refractivity contribution >= 4 is 33.0 Å². The van der Waals surface area contributed by atoms with Crippen LogP contribution in [0.4, 0.5) is 11.4 Å². The van der Waals surface area contributed by atoms with E-state index in [0.29, 0.717) is 36.2 Å². The average Bonchev–Trinajstić information content (AvgIpc) is 2.74. The smallest absolute Gasteiger partial charge is 0.293 e. The number of benzene rings is 2. The highest BCUT2D eigenvalue weighted by Gasteiger charge is 2.29. The first-order valence-corrected chi connectivity index (χ1v) is 11.1. The van der Waals surface area contributed by atoms with Gasteiger partial charge in [-0.25, -0.2) is 8.42 Å². The summed E-state index contributed by atoms with van der Waals surface area (Å²) >= 11 is 5.92. The Kier molecular flexibility index (Phi) is 7.14. The zero-order valence-electron chi connectivity index (χ0n) is 16.4. The third kappa shape index (κ3) is 5.20. The predicted molar refractivity (Wildman–Crippen MR) is 113 cm³/mol. The van der Waals surface area contributed by atoms with Crippen molar-refractivity contribution in [3.8, 4) is 5.75 Å². The molecule has 1 aliphatic heterocycles. The topological polar surface area (TPSA) is 102 Å². The van der Waals surface area contributed by atoms with E-state index in [9.17, 15) is 18.5 Å². The highest BCUT2D eigenvalue weighted by atomic mass is 35.5. The van der Waals surface area contributed by atoms with Gasteiger partial charge < -0.3 is 14.4 Å². The molecule has 0 bridgehead atoms. The van der Waals surface area contributed by atoms with Crippen LogP contribution in [-0.2, 0) is 14.8 Å². The van der Waals surface area contributed by atoms with Gasteiger partial charge in [0, 0.05) is 31.2 Å². The van der Waals surface area contributed by atoms with Crippen LogP contribution in [0.3, 0.4) is 0 Å². The molecule has 162 valence electrons. The lowest BCUT2D eigenvalue weighted by molar-refractivity contribution is -0.384. The number of hydrogen-bond acceptors (Lipinski definition) is 7. The molecular weight excluding hydrogens is 434 g/mol. The van der Waals surface area contributed by atoms with Crippen LogP contribution in [0.25, 0.3) is 0 Å². The van der Waals surface area contributed by atoms with Gasteiger partial charge >= 0.3 is 0 Å². The standard InChI is InChI=1S/C19H22ClN3O6S/c1-21(7-12-29-16-4-2-3-15(20)13-16)18-6-5-17(14-19(18)23(24)25)30(26,27)22-8-10-28-11-9-22/h2-6,13-14H,7-12H2,1H3. The molecule has 0 atom stereocenters. The maximum absolute atomic E-state index is 12.8. The fourth-order valence-corrected chi connectivity index (χ4v) is 4.66. The van der Waals surface area contributed by atoms with E-state index in [4.69, 9.17) is 21.1 Å². The minimum Gasteiger partial charge on any atom is -0.492 e. The molecule has 1 heterocycles. The first-order chi connectivity index (χ1) is 14.3. The molecule has 0 aliphatic carbocycles. The van der Waals surface area contributed by atoms with Crippen molar-refractivity contribution in [3.63, 3.8) is 0 Å². The summed E-state index contributed by atoms with van der Waals surface area (Å²) in [6.45, 7) is 1.66. The molecule has 11 heteroatoms. The van der Waals surface area contributed by atoms with Crippen molar-refractivity contribution < 1.29 is 22.8 Å². The fraction of sp³-hybridized carbons (Fsp3) is 0.368. The van der Waals surface area contributed by atoms with Crippen molar-refractivity contribution in [1.82, 2.24) is 4.31 Å². The second-order valence-corrected chi connectivity index (χ2v) is 9.03. The number of likely N-dealkylation sites (N-methyl/N-ethyl adjacent to an activating group) is 1. The van der Waals surface area contributed by atoms with Gasteiger partial charge in [0.1, 0.15) is 18.0 Å². The number of rotatable bonds is 8. The van der Waals surface area contributed by atoms with Gasteiger partial charge in [-0.1, -0.05) is 17.7 Å². The summed E-state index contributed by atoms with van der Waals surface area (Å²) in [7, 11) is -2.14. The average molecular weight is 456 g/mol. The Balaban J connectivity index is 1.75. The third-order valence-electron chi connectivity index (χ3n) is 4.65. The summed E-state index contributed by atoms with van der Waals surface area (Å²) in [5, 5.41) is 12.2. The van der Waals surface area contributed by atoms with Crippen LogP contribution >= 0.6 is 11.6 Å². The number of sulfonamides is 1. The van der Waals surface area contributed by atoms with Crippen molar-refractivity contribution in [2.75, 3.05) is 51.4 Å². The molecule has 1 saturated heterocycles. The monoisotopic (exact) mass is 455 g/mol. The Labute approximate surface area is 180 Å². The minimum atomic E-state index is -3.82. The van der Waals surface area contributed by atoms with Crippen LogP contribution in [0.1, 0.15) is 0 Å². The minimum absolute atomic E-state index is 0.108. The van der Waals surface area contributed by atoms with E-state index in [1.165, 1.54) is 16.4 Å². The van der Waals surface area contributed by atoms with Gasteiger partial charge in [-0.15, -0.1) is 0 Å². The molecule has 3 rings (SSSR count). The number of nitro groups is 1. The van der Waals surface area contributed by atoms with Crippen molar-refractivity contribution in [1.29, 1.82) is 0 Å². The van der Waals surface area contributed by atoms with E-state index in [-0.39, 0.29) is 30.3 Å². The molecule has 2 aromatic rings. The van der Waals surface area contributed by atoms with Crippen LogP contribution in [0.2, 0.25) is 5.02 Å². The van der Waals surface area contributed by atoms with Gasteiger partial charge in [-0.2, -0.15) is 4.31 Å². The number of anilines is 1. The van der Waals surface area contributed by atoms with Gasteiger partial charge in [0.2, 0.25) is 10.0 Å². The molecule has 0 radical (unpaired) electrons. The first kappa shape index (κ1) is 22.3. The molecule has 0 aromatic heterocycles. The molecule has 0 amide bonds. The van der Waals surface area contributed by atoms with Crippen molar-refractivity contribution in [3.05, 3.63) is 57.6 Å². The Hall–Kier alpha value is -2.40. The SMILES string of the molecule is CN(CCOc1cccc(Cl)c1)c1ccc(S(=O)(=O)N2CCOCC2)cc1[N+](=O)[O-]. The number of nitro benzene ring substituents is 1. The maximum Gasteiger partial charge on any atom is 0.293 e. The largest absolute Gasteiger partial charge is 0.492 e. The number of morpholine rings is 1. The van der Waals surface area contributed by atoms with Gasteiger partial charge in [0.25, 0.3) is 5.69 Å². The number of hydrogen-bond donors (Lipinski definition) is 0. The highest BCUT2D eigenvalue weighted by molar-refractivity contribution is 7.89. The van der Waals surface area contributed by atoms with Crippen LogP contribution in [0.5, 0.6) is 5.75 Å². The Bertz CT molecular complexity index is 1010. The highest BCUT2D eigenvalue weighted by Crippen LogP contribution is 2.31. The quantitative estimate of drug-likeness (QED) is 0.445. The van der Waals surface area contributed by atoms with E-state index in [1.807, 2.05) is 0 Å². The fourth-order valence-electron chi connectivity index (χ4n) is 3.05. The zero-order valence-corrected chi connectivity index (χ0v) is 17.9. The third-order valence-corrected chi connectivity index (χ3v) is 6.78. The van der Waals surface area contributed by atoms with Gasteiger partial charge in [0.05, 0.1) is 29.6 Å². The summed E-state index contributed by atoms with van der Waals surface area (Å²) in [6.07, 6.45) is 0. The van der Waals surface area contributed by atoms with Gasteiger partial charge in [-0.05, 0) is 30.3 Å². The molecule has 1 aliphatic rings. The second-order valence-electron chi connectivity index (χ2n) is 6.65. The number of halogens is 1. The van der Waals surface area contributed by atoms with E-state index < -0.39 is 14.9 Å². The van der Waals surface area contributed by atoms with Gasteiger partial charge in [0.15, 0.2) is 0 Å². The summed E-state index contributed by atoms with van der Waals surface area (Å²) in [5.41, 5.74) is 0.0187. The molecule has 9 nitrogen and oxygen atoms in total. The van der Waals surface area contributed by atoms with E-state index in [1.54, 1.807) is 36.2 Å². The molecule has 0 unspecified atom stereocenters.